The van der Waals surface area contributed by atoms with Crippen molar-refractivity contribution in [2.24, 2.45) is 0 Å². The van der Waals surface area contributed by atoms with Gasteiger partial charge < -0.3 is 15.1 Å². The molecule has 2 rings (SSSR count). The summed E-state index contributed by atoms with van der Waals surface area (Å²) in [7, 11) is 4.40. The average molecular weight is 276 g/mol. The summed E-state index contributed by atoms with van der Waals surface area (Å²) < 4.78 is 0. The predicted molar refractivity (Wildman–Crippen MR) is 85.3 cm³/mol. The lowest BCUT2D eigenvalue weighted by Crippen LogP contribution is -2.45. The summed E-state index contributed by atoms with van der Waals surface area (Å²) in [4.78, 5) is 9.44. The van der Waals surface area contributed by atoms with E-state index in [0.717, 1.165) is 18.9 Å². The number of likely N-dealkylation sites (tertiary alicyclic amines) is 1. The van der Waals surface area contributed by atoms with Crippen molar-refractivity contribution in [2.75, 3.05) is 38.6 Å². The van der Waals surface area contributed by atoms with Gasteiger partial charge in [-0.3, -0.25) is 0 Å². The van der Waals surface area contributed by atoms with Gasteiger partial charge in [0, 0.05) is 37.4 Å². The minimum absolute atomic E-state index is 0.340. The maximum atomic E-state index is 4.65. The van der Waals surface area contributed by atoms with Gasteiger partial charge in [0.15, 0.2) is 0 Å². The van der Waals surface area contributed by atoms with Crippen LogP contribution < -0.4 is 10.2 Å². The van der Waals surface area contributed by atoms with Crippen molar-refractivity contribution in [3.8, 4) is 0 Å². The van der Waals surface area contributed by atoms with E-state index >= 15 is 0 Å². The zero-order valence-corrected chi connectivity index (χ0v) is 13.3. The summed E-state index contributed by atoms with van der Waals surface area (Å²) in [5, 5.41) is 3.49. The Morgan fingerprint density at radius 2 is 2.35 bits per heavy atom. The number of piperidine rings is 1. The van der Waals surface area contributed by atoms with Gasteiger partial charge >= 0.3 is 0 Å². The predicted octanol–water partition coefficient (Wildman–Crippen LogP) is 2.28. The van der Waals surface area contributed by atoms with E-state index < -0.39 is 0 Å². The number of nitrogens with zero attached hydrogens (tertiary/aromatic N) is 3. The molecule has 2 heterocycles. The highest BCUT2D eigenvalue weighted by Gasteiger charge is 2.24. The van der Waals surface area contributed by atoms with Crippen LogP contribution in [0.4, 0.5) is 5.82 Å². The van der Waals surface area contributed by atoms with Crippen LogP contribution in [-0.4, -0.2) is 49.7 Å². The lowest BCUT2D eigenvalue weighted by atomic mass is 10.0. The largest absolute Gasteiger partial charge is 0.355 e. The summed E-state index contributed by atoms with van der Waals surface area (Å²) in [6.45, 7) is 7.68. The maximum Gasteiger partial charge on any atom is 0.133 e. The first-order chi connectivity index (χ1) is 9.63. The molecule has 2 unspecified atom stereocenters. The second-order valence-corrected chi connectivity index (χ2v) is 5.86. The minimum Gasteiger partial charge on any atom is -0.355 e. The van der Waals surface area contributed by atoms with Crippen molar-refractivity contribution in [3.63, 3.8) is 0 Å². The van der Waals surface area contributed by atoms with Crippen LogP contribution in [0, 0.1) is 0 Å². The first-order valence-corrected chi connectivity index (χ1v) is 7.73. The number of hydrogen-bond donors (Lipinski definition) is 1. The highest BCUT2D eigenvalue weighted by molar-refractivity contribution is 5.48. The topological polar surface area (TPSA) is 31.4 Å². The van der Waals surface area contributed by atoms with Crippen LogP contribution in [-0.2, 0) is 0 Å². The van der Waals surface area contributed by atoms with Gasteiger partial charge in [0.25, 0.3) is 0 Å². The van der Waals surface area contributed by atoms with E-state index in [1.54, 1.807) is 0 Å². The van der Waals surface area contributed by atoms with Crippen molar-refractivity contribution in [3.05, 3.63) is 23.9 Å². The highest BCUT2D eigenvalue weighted by atomic mass is 15.2. The maximum absolute atomic E-state index is 4.65. The van der Waals surface area contributed by atoms with Crippen molar-refractivity contribution >= 4 is 5.82 Å². The highest BCUT2D eigenvalue weighted by Crippen LogP contribution is 2.26. The lowest BCUT2D eigenvalue weighted by Gasteiger charge is -2.37. The standard InChI is InChI=1S/C16H28N4/c1-5-17-13(2)15-9-6-10-18-16(15)20(4)14-8-7-11-19(3)12-14/h6,9-10,13-14,17H,5,7-8,11-12H2,1-4H3. The molecule has 1 aromatic rings. The van der Waals surface area contributed by atoms with Crippen LogP contribution in [0.3, 0.4) is 0 Å². The van der Waals surface area contributed by atoms with Crippen LogP contribution in [0.1, 0.15) is 38.3 Å². The van der Waals surface area contributed by atoms with Gasteiger partial charge in [-0.2, -0.15) is 0 Å². The summed E-state index contributed by atoms with van der Waals surface area (Å²) in [6.07, 6.45) is 4.43. The Balaban J connectivity index is 2.18. The van der Waals surface area contributed by atoms with E-state index in [-0.39, 0.29) is 0 Å². The molecule has 1 aliphatic rings. The Bertz CT molecular complexity index is 421. The van der Waals surface area contributed by atoms with Crippen molar-refractivity contribution in [2.45, 2.75) is 38.8 Å². The van der Waals surface area contributed by atoms with E-state index in [9.17, 15) is 0 Å². The summed E-state index contributed by atoms with van der Waals surface area (Å²) in [6, 6.07) is 5.13. The Hall–Kier alpha value is -1.13. The average Bonchev–Trinajstić information content (AvgIpc) is 2.47. The third-order valence-electron chi connectivity index (χ3n) is 4.28. The molecule has 1 N–H and O–H groups in total. The molecule has 112 valence electrons. The first-order valence-electron chi connectivity index (χ1n) is 7.73. The number of hydrogen-bond acceptors (Lipinski definition) is 4. The second-order valence-electron chi connectivity index (χ2n) is 5.86. The number of anilines is 1. The smallest absolute Gasteiger partial charge is 0.133 e. The molecule has 2 atom stereocenters. The van der Waals surface area contributed by atoms with E-state index in [1.807, 2.05) is 12.3 Å². The molecule has 1 fully saturated rings. The molecule has 0 amide bonds. The number of pyridine rings is 1. The Kier molecular flexibility index (Phi) is 5.38. The SMILES string of the molecule is CCNC(C)c1cccnc1N(C)C1CCCN(C)C1. The zero-order chi connectivity index (χ0) is 14.5. The van der Waals surface area contributed by atoms with E-state index in [0.29, 0.717) is 12.1 Å². The van der Waals surface area contributed by atoms with Gasteiger partial charge in [0.2, 0.25) is 0 Å². The molecule has 0 bridgehead atoms. The van der Waals surface area contributed by atoms with Crippen molar-refractivity contribution in [1.29, 1.82) is 0 Å². The van der Waals surface area contributed by atoms with Crippen molar-refractivity contribution < 1.29 is 0 Å². The Labute approximate surface area is 123 Å². The molecule has 1 aliphatic heterocycles. The van der Waals surface area contributed by atoms with Gasteiger partial charge in [0.05, 0.1) is 0 Å². The number of nitrogens with one attached hydrogen (secondary N) is 1. The third-order valence-corrected chi connectivity index (χ3v) is 4.28. The van der Waals surface area contributed by atoms with E-state index in [2.05, 4.69) is 54.1 Å². The van der Waals surface area contributed by atoms with Crippen LogP contribution in [0.5, 0.6) is 0 Å². The summed E-state index contributed by atoms with van der Waals surface area (Å²) >= 11 is 0. The molecule has 20 heavy (non-hydrogen) atoms. The molecule has 0 aromatic carbocycles. The molecule has 1 aromatic heterocycles. The Morgan fingerprint density at radius 3 is 3.05 bits per heavy atom. The molecular weight excluding hydrogens is 248 g/mol. The second kappa shape index (κ2) is 7.04. The van der Waals surface area contributed by atoms with Crippen LogP contribution >= 0.6 is 0 Å². The number of rotatable bonds is 5. The molecular formula is C16H28N4. The normalized spacial score (nSPS) is 21.7. The van der Waals surface area contributed by atoms with Gasteiger partial charge in [0.1, 0.15) is 5.82 Å². The van der Waals surface area contributed by atoms with Gasteiger partial charge in [-0.25, -0.2) is 4.98 Å². The third kappa shape index (κ3) is 3.49. The van der Waals surface area contributed by atoms with Gasteiger partial charge in [-0.1, -0.05) is 13.0 Å². The molecule has 4 nitrogen and oxygen atoms in total. The zero-order valence-electron chi connectivity index (χ0n) is 13.3. The van der Waals surface area contributed by atoms with Crippen LogP contribution in [0.15, 0.2) is 18.3 Å². The fraction of sp³-hybridized carbons (Fsp3) is 0.688. The lowest BCUT2D eigenvalue weighted by molar-refractivity contribution is 0.247. The first kappa shape index (κ1) is 15.3. The van der Waals surface area contributed by atoms with Crippen LogP contribution in [0.2, 0.25) is 0 Å². The number of aromatic nitrogens is 1. The van der Waals surface area contributed by atoms with Gasteiger partial charge in [-0.15, -0.1) is 0 Å². The van der Waals surface area contributed by atoms with E-state index in [4.69, 9.17) is 0 Å². The molecule has 0 saturated carbocycles. The van der Waals surface area contributed by atoms with Crippen LogP contribution in [0.25, 0.3) is 0 Å². The molecule has 0 spiro atoms. The molecule has 1 saturated heterocycles. The fourth-order valence-electron chi connectivity index (χ4n) is 3.09. The molecule has 0 aliphatic carbocycles. The fourth-order valence-corrected chi connectivity index (χ4v) is 3.09. The molecule has 4 heteroatoms. The quantitative estimate of drug-likeness (QED) is 0.894. The summed E-state index contributed by atoms with van der Waals surface area (Å²) in [5.74, 6) is 1.13. The monoisotopic (exact) mass is 276 g/mol. The van der Waals surface area contributed by atoms with Gasteiger partial charge in [-0.05, 0) is 46.0 Å². The van der Waals surface area contributed by atoms with Crippen molar-refractivity contribution in [1.82, 2.24) is 15.2 Å². The summed E-state index contributed by atoms with van der Waals surface area (Å²) in [5.41, 5.74) is 1.30. The number of likely N-dealkylation sites (N-methyl/N-ethyl adjacent to an activating group) is 2. The Morgan fingerprint density at radius 1 is 1.55 bits per heavy atom. The van der Waals surface area contributed by atoms with E-state index in [1.165, 1.54) is 24.9 Å². The molecule has 0 radical (unpaired) electrons. The minimum atomic E-state index is 0.340.